The molecule has 3 unspecified atom stereocenters. The van der Waals surface area contributed by atoms with Gasteiger partial charge in [0.1, 0.15) is 18.1 Å². The van der Waals surface area contributed by atoms with Crippen LogP contribution in [0.25, 0.3) is 0 Å². The van der Waals surface area contributed by atoms with E-state index in [9.17, 15) is 24.3 Å². The van der Waals surface area contributed by atoms with E-state index in [0.29, 0.717) is 0 Å². The zero-order chi connectivity index (χ0) is 20.6. The number of carbonyl (C=O) groups excluding carboxylic acids is 3. The number of rotatable bonds is 10. The Labute approximate surface area is 154 Å². The standard InChI is InChI=1S/C17H32N4O5/c1-8(2)12(19-11(22)7-18)15(23)20-13(9(3)4)16(24)21-14(10(5)6)17(25)26/h8-10,12-14H,7,18H2,1-6H3,(H,19,22)(H,20,23)(H,21,24)(H,25,26). The Kier molecular flexibility index (Phi) is 9.85. The van der Waals surface area contributed by atoms with Gasteiger partial charge in [0.05, 0.1) is 6.54 Å². The van der Waals surface area contributed by atoms with Crippen LogP contribution in [-0.2, 0) is 19.2 Å². The number of aliphatic carboxylic acids is 1. The van der Waals surface area contributed by atoms with Crippen molar-refractivity contribution in [3.63, 3.8) is 0 Å². The molecule has 0 bridgehead atoms. The second kappa shape index (κ2) is 10.7. The number of nitrogens with two attached hydrogens (primary N) is 1. The molecule has 150 valence electrons. The van der Waals surface area contributed by atoms with Gasteiger partial charge >= 0.3 is 5.97 Å². The highest BCUT2D eigenvalue weighted by Gasteiger charge is 2.32. The molecule has 3 atom stereocenters. The molecule has 0 aromatic heterocycles. The summed E-state index contributed by atoms with van der Waals surface area (Å²) in [5.74, 6) is -3.53. The maximum absolute atomic E-state index is 12.5. The Morgan fingerprint density at radius 1 is 0.731 bits per heavy atom. The quantitative estimate of drug-likeness (QED) is 0.347. The van der Waals surface area contributed by atoms with Crippen LogP contribution in [0.1, 0.15) is 41.5 Å². The summed E-state index contributed by atoms with van der Waals surface area (Å²) in [5, 5.41) is 16.8. The van der Waals surface area contributed by atoms with E-state index < -0.39 is 41.8 Å². The molecular formula is C17H32N4O5. The average Bonchev–Trinajstić information content (AvgIpc) is 2.53. The fraction of sp³-hybridized carbons (Fsp3) is 0.765. The Bertz CT molecular complexity index is 519. The third-order valence-electron chi connectivity index (χ3n) is 3.93. The van der Waals surface area contributed by atoms with E-state index in [0.717, 1.165) is 0 Å². The normalized spacial score (nSPS) is 14.7. The van der Waals surface area contributed by atoms with Crippen molar-refractivity contribution in [2.24, 2.45) is 23.5 Å². The molecule has 0 aliphatic carbocycles. The van der Waals surface area contributed by atoms with E-state index >= 15 is 0 Å². The van der Waals surface area contributed by atoms with E-state index in [1.54, 1.807) is 41.5 Å². The van der Waals surface area contributed by atoms with Crippen molar-refractivity contribution in [1.29, 1.82) is 0 Å². The molecule has 0 aliphatic rings. The highest BCUT2D eigenvalue weighted by atomic mass is 16.4. The third-order valence-corrected chi connectivity index (χ3v) is 3.93. The van der Waals surface area contributed by atoms with E-state index in [1.807, 2.05) is 0 Å². The summed E-state index contributed by atoms with van der Waals surface area (Å²) >= 11 is 0. The van der Waals surface area contributed by atoms with Crippen molar-refractivity contribution in [3.8, 4) is 0 Å². The second-order valence-corrected chi connectivity index (χ2v) is 7.29. The zero-order valence-corrected chi connectivity index (χ0v) is 16.3. The third kappa shape index (κ3) is 7.38. The Hall–Kier alpha value is -2.16. The number of carbonyl (C=O) groups is 4. The van der Waals surface area contributed by atoms with Crippen LogP contribution in [0.2, 0.25) is 0 Å². The maximum Gasteiger partial charge on any atom is 0.326 e. The van der Waals surface area contributed by atoms with Crippen LogP contribution in [0.3, 0.4) is 0 Å². The lowest BCUT2D eigenvalue weighted by Crippen LogP contribution is -2.59. The van der Waals surface area contributed by atoms with Gasteiger partial charge in [0.2, 0.25) is 17.7 Å². The summed E-state index contributed by atoms with van der Waals surface area (Å²) in [4.78, 5) is 47.9. The molecule has 9 nitrogen and oxygen atoms in total. The number of carboxylic acid groups (broad SMARTS) is 1. The van der Waals surface area contributed by atoms with Gasteiger partial charge in [-0.3, -0.25) is 14.4 Å². The molecule has 0 aromatic carbocycles. The molecular weight excluding hydrogens is 340 g/mol. The average molecular weight is 372 g/mol. The lowest BCUT2D eigenvalue weighted by molar-refractivity contribution is -0.144. The Morgan fingerprint density at radius 3 is 1.38 bits per heavy atom. The molecule has 0 aliphatic heterocycles. The van der Waals surface area contributed by atoms with Crippen LogP contribution in [0.4, 0.5) is 0 Å². The van der Waals surface area contributed by atoms with Crippen molar-refractivity contribution in [2.45, 2.75) is 59.7 Å². The molecule has 0 rings (SSSR count). The molecule has 3 amide bonds. The molecule has 0 fully saturated rings. The smallest absolute Gasteiger partial charge is 0.326 e. The zero-order valence-electron chi connectivity index (χ0n) is 16.3. The predicted octanol–water partition coefficient (Wildman–Crippen LogP) is -0.548. The van der Waals surface area contributed by atoms with Gasteiger partial charge < -0.3 is 26.8 Å². The second-order valence-electron chi connectivity index (χ2n) is 7.29. The minimum absolute atomic E-state index is 0.219. The number of carboxylic acids is 1. The molecule has 0 spiro atoms. The lowest BCUT2D eigenvalue weighted by Gasteiger charge is -2.28. The first-order valence-electron chi connectivity index (χ1n) is 8.75. The first kappa shape index (κ1) is 23.8. The summed E-state index contributed by atoms with van der Waals surface area (Å²) in [6.07, 6.45) is 0. The molecule has 0 radical (unpaired) electrons. The van der Waals surface area contributed by atoms with Crippen LogP contribution in [-0.4, -0.2) is 53.5 Å². The molecule has 0 saturated carbocycles. The van der Waals surface area contributed by atoms with Gasteiger partial charge in [-0.25, -0.2) is 4.79 Å². The Morgan fingerprint density at radius 2 is 1.08 bits per heavy atom. The van der Waals surface area contributed by atoms with Gasteiger partial charge in [0, 0.05) is 0 Å². The van der Waals surface area contributed by atoms with Crippen molar-refractivity contribution in [1.82, 2.24) is 16.0 Å². The van der Waals surface area contributed by atoms with E-state index in [2.05, 4.69) is 16.0 Å². The van der Waals surface area contributed by atoms with Crippen molar-refractivity contribution < 1.29 is 24.3 Å². The van der Waals surface area contributed by atoms with Crippen LogP contribution >= 0.6 is 0 Å². The summed E-state index contributed by atoms with van der Waals surface area (Å²) in [7, 11) is 0. The van der Waals surface area contributed by atoms with Crippen molar-refractivity contribution >= 4 is 23.7 Å². The number of hydrogen-bond acceptors (Lipinski definition) is 5. The minimum Gasteiger partial charge on any atom is -0.480 e. The molecule has 26 heavy (non-hydrogen) atoms. The molecule has 6 N–H and O–H groups in total. The SMILES string of the molecule is CC(C)C(NC(=O)C(NC(=O)C(NC(=O)CN)C(C)C)C(C)C)C(=O)O. The molecule has 0 aromatic rings. The fourth-order valence-electron chi connectivity index (χ4n) is 2.30. The largest absolute Gasteiger partial charge is 0.480 e. The molecule has 0 heterocycles. The maximum atomic E-state index is 12.5. The topological polar surface area (TPSA) is 151 Å². The number of hydrogen-bond donors (Lipinski definition) is 5. The van der Waals surface area contributed by atoms with E-state index in [-0.39, 0.29) is 24.3 Å². The van der Waals surface area contributed by atoms with Gasteiger partial charge in [-0.2, -0.15) is 0 Å². The Balaban J connectivity index is 5.25. The van der Waals surface area contributed by atoms with Crippen molar-refractivity contribution in [2.75, 3.05) is 6.54 Å². The fourth-order valence-corrected chi connectivity index (χ4v) is 2.30. The highest BCUT2D eigenvalue weighted by Crippen LogP contribution is 2.09. The summed E-state index contributed by atoms with van der Waals surface area (Å²) in [6.45, 7) is 10.1. The number of amides is 3. The van der Waals surface area contributed by atoms with Crippen LogP contribution in [0.15, 0.2) is 0 Å². The lowest BCUT2D eigenvalue weighted by atomic mass is 9.98. The first-order valence-corrected chi connectivity index (χ1v) is 8.75. The predicted molar refractivity (Wildman–Crippen MR) is 97.0 cm³/mol. The monoisotopic (exact) mass is 372 g/mol. The van der Waals surface area contributed by atoms with E-state index in [1.165, 1.54) is 0 Å². The van der Waals surface area contributed by atoms with Gasteiger partial charge in [0.15, 0.2) is 0 Å². The first-order chi connectivity index (χ1) is 11.9. The van der Waals surface area contributed by atoms with E-state index in [4.69, 9.17) is 5.73 Å². The number of nitrogens with one attached hydrogen (secondary N) is 3. The van der Waals surface area contributed by atoms with Gasteiger partial charge in [-0.1, -0.05) is 41.5 Å². The minimum atomic E-state index is -1.14. The van der Waals surface area contributed by atoms with Crippen molar-refractivity contribution in [3.05, 3.63) is 0 Å². The van der Waals surface area contributed by atoms with Crippen LogP contribution in [0, 0.1) is 17.8 Å². The van der Waals surface area contributed by atoms with Gasteiger partial charge in [0.25, 0.3) is 0 Å². The molecule has 9 heteroatoms. The summed E-state index contributed by atoms with van der Waals surface area (Å²) in [6, 6.07) is -2.84. The summed E-state index contributed by atoms with van der Waals surface area (Å²) < 4.78 is 0. The van der Waals surface area contributed by atoms with Crippen LogP contribution in [0.5, 0.6) is 0 Å². The highest BCUT2D eigenvalue weighted by molar-refractivity contribution is 5.93. The van der Waals surface area contributed by atoms with Crippen LogP contribution < -0.4 is 21.7 Å². The van der Waals surface area contributed by atoms with Gasteiger partial charge in [-0.05, 0) is 17.8 Å². The van der Waals surface area contributed by atoms with Gasteiger partial charge in [-0.15, -0.1) is 0 Å². The molecule has 0 saturated heterocycles. The summed E-state index contributed by atoms with van der Waals surface area (Å²) in [5.41, 5.74) is 5.27.